The standard InChI is InChI=1S/C20H24N2O3/c23-20(21-15-10-9-11-16(14-15)22(24)25)19-17-12-7-5-3-1-2-4-6-8-13-18(17)19/h3-6,9-11,14,17-19H,1-2,7-8,12-13H2,(H,21,23)/b5-3-,6-4+. The summed E-state index contributed by atoms with van der Waals surface area (Å²) in [5.41, 5.74) is 0.497. The number of rotatable bonds is 3. The Bertz CT molecular complexity index is 672. The largest absolute Gasteiger partial charge is 0.326 e. The Labute approximate surface area is 148 Å². The molecule has 5 nitrogen and oxygen atoms in total. The predicted molar refractivity (Wildman–Crippen MR) is 98.2 cm³/mol. The molecule has 1 saturated carbocycles. The van der Waals surface area contributed by atoms with Crippen LogP contribution in [0.2, 0.25) is 0 Å². The van der Waals surface area contributed by atoms with Gasteiger partial charge in [0, 0.05) is 23.7 Å². The molecule has 3 unspecified atom stereocenters. The maximum Gasteiger partial charge on any atom is 0.271 e. The third-order valence-electron chi connectivity index (χ3n) is 5.13. The Morgan fingerprint density at radius 1 is 1.00 bits per heavy atom. The van der Waals surface area contributed by atoms with E-state index in [-0.39, 0.29) is 17.5 Å². The zero-order chi connectivity index (χ0) is 17.6. The molecule has 1 fully saturated rings. The van der Waals surface area contributed by atoms with E-state index >= 15 is 0 Å². The van der Waals surface area contributed by atoms with Gasteiger partial charge in [0.15, 0.2) is 0 Å². The summed E-state index contributed by atoms with van der Waals surface area (Å²) in [7, 11) is 0. The normalized spacial score (nSPS) is 28.6. The SMILES string of the molecule is O=C(Nc1cccc([N+](=O)[O-])c1)C1C2CC/C=C\CC/C=C/CCC21. The van der Waals surface area contributed by atoms with Gasteiger partial charge >= 0.3 is 0 Å². The zero-order valence-electron chi connectivity index (χ0n) is 14.3. The molecule has 0 aliphatic heterocycles. The van der Waals surface area contributed by atoms with Crippen LogP contribution in [0.15, 0.2) is 48.6 Å². The van der Waals surface area contributed by atoms with Crippen molar-refractivity contribution in [2.45, 2.75) is 38.5 Å². The van der Waals surface area contributed by atoms with Gasteiger partial charge in [0.25, 0.3) is 5.69 Å². The fourth-order valence-corrected chi connectivity index (χ4v) is 3.79. The molecule has 0 saturated heterocycles. The van der Waals surface area contributed by atoms with Gasteiger partial charge in [-0.1, -0.05) is 30.4 Å². The number of carbonyl (C=O) groups excluding carboxylic acids is 1. The van der Waals surface area contributed by atoms with Crippen LogP contribution in [0.3, 0.4) is 0 Å². The molecular weight excluding hydrogens is 316 g/mol. The molecule has 0 aromatic heterocycles. The number of nitro benzene ring substituents is 1. The lowest BCUT2D eigenvalue weighted by atomic mass is 10.1. The maximum atomic E-state index is 12.6. The molecule has 132 valence electrons. The number of nitrogens with one attached hydrogen (secondary N) is 1. The molecular formula is C20H24N2O3. The first kappa shape index (κ1) is 17.4. The number of hydrogen-bond donors (Lipinski definition) is 1. The van der Waals surface area contributed by atoms with Gasteiger partial charge in [-0.25, -0.2) is 0 Å². The summed E-state index contributed by atoms with van der Waals surface area (Å²) in [6, 6.07) is 6.14. The molecule has 0 radical (unpaired) electrons. The van der Waals surface area contributed by atoms with Gasteiger partial charge in [0.1, 0.15) is 0 Å². The highest BCUT2D eigenvalue weighted by atomic mass is 16.6. The number of nitrogens with zero attached hydrogens (tertiary/aromatic N) is 1. The Kier molecular flexibility index (Phi) is 5.64. The van der Waals surface area contributed by atoms with Crippen molar-refractivity contribution >= 4 is 17.3 Å². The van der Waals surface area contributed by atoms with Gasteiger partial charge in [-0.2, -0.15) is 0 Å². The average Bonchev–Trinajstić information content (AvgIpc) is 3.27. The van der Waals surface area contributed by atoms with Crippen LogP contribution in [0.4, 0.5) is 11.4 Å². The Balaban J connectivity index is 1.63. The number of hydrogen-bond acceptors (Lipinski definition) is 3. The van der Waals surface area contributed by atoms with Gasteiger partial charge in [-0.05, 0) is 56.4 Å². The van der Waals surface area contributed by atoms with E-state index in [4.69, 9.17) is 0 Å². The summed E-state index contributed by atoms with van der Waals surface area (Å²) < 4.78 is 0. The van der Waals surface area contributed by atoms with E-state index in [0.717, 1.165) is 38.5 Å². The summed E-state index contributed by atoms with van der Waals surface area (Å²) in [6.45, 7) is 0. The fourth-order valence-electron chi connectivity index (χ4n) is 3.79. The van der Waals surface area contributed by atoms with E-state index in [2.05, 4.69) is 29.6 Å². The molecule has 5 heteroatoms. The second-order valence-corrected chi connectivity index (χ2v) is 6.83. The van der Waals surface area contributed by atoms with Gasteiger partial charge in [0.2, 0.25) is 5.91 Å². The smallest absolute Gasteiger partial charge is 0.271 e. The lowest BCUT2D eigenvalue weighted by Gasteiger charge is -2.05. The van der Waals surface area contributed by atoms with Crippen molar-refractivity contribution in [3.63, 3.8) is 0 Å². The number of carbonyl (C=O) groups is 1. The van der Waals surface area contributed by atoms with E-state index in [0.29, 0.717) is 17.5 Å². The quantitative estimate of drug-likeness (QED) is 0.485. The number of nitro groups is 1. The van der Waals surface area contributed by atoms with E-state index in [1.54, 1.807) is 12.1 Å². The summed E-state index contributed by atoms with van der Waals surface area (Å²) in [5, 5.41) is 13.7. The van der Waals surface area contributed by atoms with Crippen LogP contribution in [0.5, 0.6) is 0 Å². The van der Waals surface area contributed by atoms with Crippen molar-refractivity contribution in [3.8, 4) is 0 Å². The number of non-ortho nitro benzene ring substituents is 1. The Hall–Kier alpha value is -2.43. The van der Waals surface area contributed by atoms with Crippen molar-refractivity contribution in [1.29, 1.82) is 0 Å². The van der Waals surface area contributed by atoms with Crippen LogP contribution < -0.4 is 5.32 Å². The second kappa shape index (κ2) is 8.10. The lowest BCUT2D eigenvalue weighted by molar-refractivity contribution is -0.384. The van der Waals surface area contributed by atoms with Crippen LogP contribution in [0, 0.1) is 27.9 Å². The Morgan fingerprint density at radius 3 is 2.20 bits per heavy atom. The number of amides is 1. The molecule has 1 amide bonds. The van der Waals surface area contributed by atoms with E-state index < -0.39 is 4.92 Å². The number of fused-ring (bicyclic) bond motifs is 1. The highest BCUT2D eigenvalue weighted by molar-refractivity contribution is 5.95. The van der Waals surface area contributed by atoms with E-state index in [1.807, 2.05) is 0 Å². The fraction of sp³-hybridized carbons (Fsp3) is 0.450. The molecule has 0 bridgehead atoms. The first-order valence-electron chi connectivity index (χ1n) is 9.02. The first-order valence-corrected chi connectivity index (χ1v) is 9.02. The van der Waals surface area contributed by atoms with Gasteiger partial charge in [0.05, 0.1) is 4.92 Å². The minimum absolute atomic E-state index is 0.00155. The van der Waals surface area contributed by atoms with Gasteiger partial charge in [-0.15, -0.1) is 0 Å². The lowest BCUT2D eigenvalue weighted by Crippen LogP contribution is -2.15. The summed E-state index contributed by atoms with van der Waals surface area (Å²) in [6.07, 6.45) is 15.2. The van der Waals surface area contributed by atoms with E-state index in [1.165, 1.54) is 12.1 Å². The molecule has 2 aliphatic rings. The monoisotopic (exact) mass is 340 g/mol. The molecule has 2 aliphatic carbocycles. The molecule has 3 atom stereocenters. The van der Waals surface area contributed by atoms with Crippen molar-refractivity contribution < 1.29 is 9.72 Å². The molecule has 1 aromatic carbocycles. The zero-order valence-corrected chi connectivity index (χ0v) is 14.3. The summed E-state index contributed by atoms with van der Waals surface area (Å²) in [5.74, 6) is 0.882. The van der Waals surface area contributed by atoms with Gasteiger partial charge < -0.3 is 5.32 Å². The highest BCUT2D eigenvalue weighted by Gasteiger charge is 2.52. The maximum absolute atomic E-state index is 12.6. The minimum Gasteiger partial charge on any atom is -0.326 e. The van der Waals surface area contributed by atoms with Crippen LogP contribution in [0.25, 0.3) is 0 Å². The minimum atomic E-state index is -0.446. The van der Waals surface area contributed by atoms with Gasteiger partial charge in [-0.3, -0.25) is 14.9 Å². The third-order valence-corrected chi connectivity index (χ3v) is 5.13. The summed E-state index contributed by atoms with van der Waals surface area (Å²) >= 11 is 0. The molecule has 25 heavy (non-hydrogen) atoms. The third kappa shape index (κ3) is 4.56. The van der Waals surface area contributed by atoms with Crippen molar-refractivity contribution in [1.82, 2.24) is 0 Å². The van der Waals surface area contributed by atoms with Crippen LogP contribution in [0.1, 0.15) is 38.5 Å². The second-order valence-electron chi connectivity index (χ2n) is 6.83. The molecule has 0 heterocycles. The first-order chi connectivity index (χ1) is 12.2. The van der Waals surface area contributed by atoms with Crippen molar-refractivity contribution in [2.75, 3.05) is 5.32 Å². The van der Waals surface area contributed by atoms with Crippen LogP contribution in [-0.4, -0.2) is 10.8 Å². The van der Waals surface area contributed by atoms with Crippen LogP contribution >= 0.6 is 0 Å². The average molecular weight is 340 g/mol. The number of anilines is 1. The van der Waals surface area contributed by atoms with E-state index in [9.17, 15) is 14.9 Å². The van der Waals surface area contributed by atoms with Crippen LogP contribution in [-0.2, 0) is 4.79 Å². The van der Waals surface area contributed by atoms with Crippen molar-refractivity contribution in [2.24, 2.45) is 17.8 Å². The topological polar surface area (TPSA) is 72.2 Å². The molecule has 3 rings (SSSR count). The molecule has 1 aromatic rings. The molecule has 1 N–H and O–H groups in total. The number of benzene rings is 1. The predicted octanol–water partition coefficient (Wildman–Crippen LogP) is 4.86. The molecule has 0 spiro atoms. The number of allylic oxidation sites excluding steroid dienone is 4. The Morgan fingerprint density at radius 2 is 1.60 bits per heavy atom. The summed E-state index contributed by atoms with van der Waals surface area (Å²) in [4.78, 5) is 23.1. The van der Waals surface area contributed by atoms with Crippen molar-refractivity contribution in [3.05, 3.63) is 58.7 Å². The highest BCUT2D eigenvalue weighted by Crippen LogP contribution is 2.52.